The first kappa shape index (κ1) is 30.1. The molecule has 1 fully saturated rings. The van der Waals surface area contributed by atoms with Crippen molar-refractivity contribution in [2.45, 2.75) is 65.5 Å². The number of ether oxygens (including phenoxy) is 1. The van der Waals surface area contributed by atoms with E-state index in [9.17, 15) is 9.59 Å². The number of rotatable bonds is 6. The molecule has 2 amide bonds. The summed E-state index contributed by atoms with van der Waals surface area (Å²) in [6.45, 7) is 12.3. The standard InChI is InChI=1S/C33H48N4O3/c1-25(2)35-16-7-17-37(32(39)23-27-10-12-30(40-5)13-11-27)33-26(3)8-6-9-29(33)24-36(21-20-35)31(38)22-28-14-18-34(4)19-15-28/h6,8-13,25,28H,7,14-24H2,1-5H3. The molecule has 0 radical (unpaired) electrons. The number of methoxy groups -OCH3 is 1. The first-order valence-corrected chi connectivity index (χ1v) is 15.0. The van der Waals surface area contributed by atoms with Crippen LogP contribution in [-0.2, 0) is 22.6 Å². The maximum atomic E-state index is 13.9. The summed E-state index contributed by atoms with van der Waals surface area (Å²) >= 11 is 0. The van der Waals surface area contributed by atoms with Gasteiger partial charge in [-0.1, -0.05) is 30.3 Å². The number of aryl methyl sites for hydroxylation is 1. The number of hydrogen-bond acceptors (Lipinski definition) is 5. The van der Waals surface area contributed by atoms with E-state index >= 15 is 0 Å². The van der Waals surface area contributed by atoms with Crippen molar-refractivity contribution in [2.75, 3.05) is 58.3 Å². The van der Waals surface area contributed by atoms with Gasteiger partial charge in [0.15, 0.2) is 0 Å². The molecular formula is C33H48N4O3. The van der Waals surface area contributed by atoms with Gasteiger partial charge in [0.05, 0.1) is 19.2 Å². The molecule has 40 heavy (non-hydrogen) atoms. The Morgan fingerprint density at radius 3 is 2.33 bits per heavy atom. The molecule has 0 spiro atoms. The number of likely N-dealkylation sites (tertiary alicyclic amines) is 1. The fraction of sp³-hybridized carbons (Fsp3) is 0.576. The minimum atomic E-state index is 0.0836. The van der Waals surface area contributed by atoms with Gasteiger partial charge in [0.25, 0.3) is 0 Å². The van der Waals surface area contributed by atoms with Crippen molar-refractivity contribution in [3.05, 3.63) is 59.2 Å². The molecule has 4 rings (SSSR count). The molecule has 2 aliphatic heterocycles. The Labute approximate surface area is 241 Å². The van der Waals surface area contributed by atoms with Crippen LogP contribution in [-0.4, -0.2) is 86.0 Å². The number of benzene rings is 2. The summed E-state index contributed by atoms with van der Waals surface area (Å²) in [5, 5.41) is 0. The van der Waals surface area contributed by atoms with Gasteiger partial charge in [0.1, 0.15) is 5.75 Å². The third-order valence-electron chi connectivity index (χ3n) is 8.64. The summed E-state index contributed by atoms with van der Waals surface area (Å²) in [4.78, 5) is 36.5. The molecule has 1 saturated heterocycles. The van der Waals surface area contributed by atoms with Crippen molar-refractivity contribution < 1.29 is 14.3 Å². The largest absolute Gasteiger partial charge is 0.497 e. The molecule has 7 nitrogen and oxygen atoms in total. The van der Waals surface area contributed by atoms with E-state index in [1.165, 1.54) is 0 Å². The number of carbonyl (C=O) groups is 2. The second kappa shape index (κ2) is 14.1. The molecule has 2 aromatic rings. The van der Waals surface area contributed by atoms with E-state index in [1.807, 2.05) is 29.2 Å². The number of piperidine rings is 1. The highest BCUT2D eigenvalue weighted by Gasteiger charge is 2.27. The van der Waals surface area contributed by atoms with Gasteiger partial charge in [-0.3, -0.25) is 14.5 Å². The molecule has 7 heteroatoms. The van der Waals surface area contributed by atoms with Crippen LogP contribution in [0.2, 0.25) is 0 Å². The van der Waals surface area contributed by atoms with Gasteiger partial charge < -0.3 is 19.4 Å². The smallest absolute Gasteiger partial charge is 0.231 e. The Kier molecular flexibility index (Phi) is 10.6. The molecule has 2 heterocycles. The number of fused-ring (bicyclic) bond motifs is 1. The zero-order valence-corrected chi connectivity index (χ0v) is 25.2. The van der Waals surface area contributed by atoms with Crippen LogP contribution in [0, 0.1) is 12.8 Å². The van der Waals surface area contributed by atoms with E-state index in [4.69, 9.17) is 4.74 Å². The summed E-state index contributed by atoms with van der Waals surface area (Å²) in [5.41, 5.74) is 4.06. The minimum absolute atomic E-state index is 0.0836. The molecule has 2 aliphatic rings. The van der Waals surface area contributed by atoms with Gasteiger partial charge in [0, 0.05) is 45.2 Å². The van der Waals surface area contributed by atoms with E-state index in [-0.39, 0.29) is 11.8 Å². The van der Waals surface area contributed by atoms with Crippen LogP contribution in [0.3, 0.4) is 0 Å². The third kappa shape index (κ3) is 7.85. The van der Waals surface area contributed by atoms with E-state index in [0.29, 0.717) is 44.4 Å². The molecule has 0 aromatic heterocycles. The topological polar surface area (TPSA) is 56.3 Å². The summed E-state index contributed by atoms with van der Waals surface area (Å²) in [6.07, 6.45) is 3.97. The first-order valence-electron chi connectivity index (χ1n) is 15.0. The Morgan fingerprint density at radius 1 is 0.925 bits per heavy atom. The Balaban J connectivity index is 1.62. The van der Waals surface area contributed by atoms with Crippen molar-refractivity contribution in [3.63, 3.8) is 0 Å². The highest BCUT2D eigenvalue weighted by molar-refractivity contribution is 5.96. The lowest BCUT2D eigenvalue weighted by Gasteiger charge is -2.33. The SMILES string of the molecule is COc1ccc(CC(=O)N2CCCN(C(C)C)CCN(C(=O)CC3CCN(C)CC3)Cc3cccc(C)c32)cc1. The average Bonchev–Trinajstić information content (AvgIpc) is 2.97. The molecule has 0 saturated carbocycles. The number of hydrogen-bond donors (Lipinski definition) is 0. The fourth-order valence-corrected chi connectivity index (χ4v) is 6.06. The summed E-state index contributed by atoms with van der Waals surface area (Å²) < 4.78 is 5.30. The lowest BCUT2D eigenvalue weighted by atomic mass is 9.93. The molecule has 2 aromatic carbocycles. The summed E-state index contributed by atoms with van der Waals surface area (Å²) in [6, 6.07) is 14.4. The van der Waals surface area contributed by atoms with Crippen LogP contribution < -0.4 is 9.64 Å². The number of para-hydroxylation sites is 1. The summed E-state index contributed by atoms with van der Waals surface area (Å²) in [5.74, 6) is 1.55. The van der Waals surface area contributed by atoms with Gasteiger partial charge in [-0.15, -0.1) is 0 Å². The number of nitrogens with zero attached hydrogens (tertiary/aromatic N) is 4. The summed E-state index contributed by atoms with van der Waals surface area (Å²) in [7, 11) is 3.81. The maximum Gasteiger partial charge on any atom is 0.231 e. The molecule has 0 N–H and O–H groups in total. The maximum absolute atomic E-state index is 13.9. The predicted octanol–water partition coefficient (Wildman–Crippen LogP) is 4.75. The molecule has 218 valence electrons. The lowest BCUT2D eigenvalue weighted by molar-refractivity contribution is -0.133. The van der Waals surface area contributed by atoms with Crippen molar-refractivity contribution >= 4 is 17.5 Å². The van der Waals surface area contributed by atoms with Crippen LogP contribution in [0.1, 0.15) is 56.2 Å². The first-order chi connectivity index (χ1) is 19.2. The highest BCUT2D eigenvalue weighted by Crippen LogP contribution is 2.30. The van der Waals surface area contributed by atoms with Crippen LogP contribution in [0.4, 0.5) is 5.69 Å². The third-order valence-corrected chi connectivity index (χ3v) is 8.64. The van der Waals surface area contributed by atoms with Crippen LogP contribution >= 0.6 is 0 Å². The van der Waals surface area contributed by atoms with E-state index in [2.05, 4.69) is 60.7 Å². The molecule has 0 atom stereocenters. The van der Waals surface area contributed by atoms with Gasteiger partial charge >= 0.3 is 0 Å². The Morgan fingerprint density at radius 2 is 1.65 bits per heavy atom. The van der Waals surface area contributed by atoms with Gasteiger partial charge in [-0.05, 0) is 94.9 Å². The van der Waals surface area contributed by atoms with E-state index < -0.39 is 0 Å². The number of anilines is 1. The zero-order chi connectivity index (χ0) is 28.6. The minimum Gasteiger partial charge on any atom is -0.497 e. The average molecular weight is 549 g/mol. The molecule has 0 aliphatic carbocycles. The normalized spacial score (nSPS) is 18.4. The van der Waals surface area contributed by atoms with Crippen molar-refractivity contribution in [1.82, 2.24) is 14.7 Å². The fourth-order valence-electron chi connectivity index (χ4n) is 6.06. The Bertz CT molecular complexity index is 1130. The molecular weight excluding hydrogens is 500 g/mol. The molecule has 0 bridgehead atoms. The molecule has 0 unspecified atom stereocenters. The van der Waals surface area contributed by atoms with Gasteiger partial charge in [0.2, 0.25) is 11.8 Å². The second-order valence-electron chi connectivity index (χ2n) is 11.9. The van der Waals surface area contributed by atoms with E-state index in [0.717, 1.165) is 73.6 Å². The van der Waals surface area contributed by atoms with Crippen molar-refractivity contribution in [1.29, 1.82) is 0 Å². The number of amides is 2. The van der Waals surface area contributed by atoms with Crippen molar-refractivity contribution in [2.24, 2.45) is 5.92 Å². The second-order valence-corrected chi connectivity index (χ2v) is 11.9. The van der Waals surface area contributed by atoms with Crippen molar-refractivity contribution in [3.8, 4) is 5.75 Å². The van der Waals surface area contributed by atoms with Crippen LogP contribution in [0.15, 0.2) is 42.5 Å². The van der Waals surface area contributed by atoms with Gasteiger partial charge in [-0.2, -0.15) is 0 Å². The number of carbonyl (C=O) groups excluding carboxylic acids is 2. The quantitative estimate of drug-likeness (QED) is 0.521. The zero-order valence-electron chi connectivity index (χ0n) is 25.2. The highest BCUT2D eigenvalue weighted by atomic mass is 16.5. The van der Waals surface area contributed by atoms with Gasteiger partial charge in [-0.25, -0.2) is 0 Å². The van der Waals surface area contributed by atoms with E-state index in [1.54, 1.807) is 7.11 Å². The Hall–Kier alpha value is -2.90. The van der Waals surface area contributed by atoms with Crippen LogP contribution in [0.5, 0.6) is 5.75 Å². The lowest BCUT2D eigenvalue weighted by Crippen LogP contribution is -2.42. The van der Waals surface area contributed by atoms with Crippen LogP contribution in [0.25, 0.3) is 0 Å². The predicted molar refractivity (Wildman–Crippen MR) is 162 cm³/mol. The monoisotopic (exact) mass is 548 g/mol.